The average Bonchev–Trinajstić information content (AvgIpc) is 2.78. The van der Waals surface area contributed by atoms with Crippen LogP contribution in [0.2, 0.25) is 0 Å². The highest BCUT2D eigenvalue weighted by Crippen LogP contribution is 2.38. The van der Waals surface area contributed by atoms with Gasteiger partial charge in [0.15, 0.2) is 0 Å². The zero-order valence-corrected chi connectivity index (χ0v) is 12.2. The van der Waals surface area contributed by atoms with Gasteiger partial charge in [-0.15, -0.1) is 0 Å². The van der Waals surface area contributed by atoms with Gasteiger partial charge in [-0.05, 0) is 47.7 Å². The second kappa shape index (κ2) is 4.40. The number of allylic oxidation sites excluding steroid dienone is 1. The van der Waals surface area contributed by atoms with E-state index in [1.165, 1.54) is 32.3 Å². The Morgan fingerprint density at radius 2 is 1.72 bits per heavy atom. The van der Waals surface area contributed by atoms with E-state index in [9.17, 15) is 0 Å². The van der Waals surface area contributed by atoms with Crippen molar-refractivity contribution in [2.75, 3.05) is 0 Å². The molecular formula is C17H15Br. The van der Waals surface area contributed by atoms with Gasteiger partial charge in [0.2, 0.25) is 0 Å². The minimum absolute atomic E-state index is 0.401. The van der Waals surface area contributed by atoms with Crippen molar-refractivity contribution in [3.05, 3.63) is 74.8 Å². The summed E-state index contributed by atoms with van der Waals surface area (Å²) in [4.78, 5) is 0. The van der Waals surface area contributed by atoms with Crippen molar-refractivity contribution in [2.24, 2.45) is 0 Å². The largest absolute Gasteiger partial charge is 0.0720 e. The fourth-order valence-electron chi connectivity index (χ4n) is 2.70. The predicted octanol–water partition coefficient (Wildman–Crippen LogP) is 5.22. The molecule has 0 saturated carbocycles. The summed E-state index contributed by atoms with van der Waals surface area (Å²) in [6.07, 6.45) is 4.53. The third kappa shape index (κ3) is 1.83. The normalized spacial score (nSPS) is 16.9. The lowest BCUT2D eigenvalue weighted by atomic mass is 9.89. The van der Waals surface area contributed by atoms with E-state index >= 15 is 0 Å². The molecule has 1 aliphatic rings. The van der Waals surface area contributed by atoms with Crippen LogP contribution >= 0.6 is 15.9 Å². The topological polar surface area (TPSA) is 0 Å². The zero-order valence-electron chi connectivity index (χ0n) is 10.6. The van der Waals surface area contributed by atoms with Gasteiger partial charge in [0, 0.05) is 10.4 Å². The number of rotatable bonds is 1. The van der Waals surface area contributed by atoms with Crippen LogP contribution in [0.25, 0.3) is 6.08 Å². The highest BCUT2D eigenvalue weighted by molar-refractivity contribution is 9.10. The Balaban J connectivity index is 2.13. The highest BCUT2D eigenvalue weighted by Gasteiger charge is 2.20. The number of benzene rings is 2. The third-order valence-electron chi connectivity index (χ3n) is 3.68. The first-order valence-corrected chi connectivity index (χ1v) is 7.00. The van der Waals surface area contributed by atoms with Gasteiger partial charge in [0.25, 0.3) is 0 Å². The fraction of sp³-hybridized carbons (Fsp3) is 0.176. The van der Waals surface area contributed by atoms with E-state index in [0.717, 1.165) is 0 Å². The molecule has 0 radical (unpaired) electrons. The lowest BCUT2D eigenvalue weighted by Crippen LogP contribution is -1.99. The van der Waals surface area contributed by atoms with Gasteiger partial charge in [0.05, 0.1) is 0 Å². The van der Waals surface area contributed by atoms with Crippen molar-refractivity contribution >= 4 is 22.0 Å². The van der Waals surface area contributed by atoms with Crippen LogP contribution in [0.3, 0.4) is 0 Å². The van der Waals surface area contributed by atoms with Gasteiger partial charge in [-0.25, -0.2) is 0 Å². The lowest BCUT2D eigenvalue weighted by molar-refractivity contribution is 1.02. The smallest absolute Gasteiger partial charge is 0.0281 e. The molecule has 0 saturated heterocycles. The molecule has 2 aromatic carbocycles. The second-order valence-electron chi connectivity index (χ2n) is 4.92. The van der Waals surface area contributed by atoms with E-state index in [-0.39, 0.29) is 0 Å². The fourth-order valence-corrected chi connectivity index (χ4v) is 3.06. The van der Waals surface area contributed by atoms with E-state index in [1.54, 1.807) is 0 Å². The van der Waals surface area contributed by atoms with Crippen LogP contribution in [0, 0.1) is 13.8 Å². The maximum Gasteiger partial charge on any atom is 0.0281 e. The van der Waals surface area contributed by atoms with Gasteiger partial charge in [-0.3, -0.25) is 0 Å². The Morgan fingerprint density at radius 1 is 0.944 bits per heavy atom. The van der Waals surface area contributed by atoms with Gasteiger partial charge >= 0.3 is 0 Å². The summed E-state index contributed by atoms with van der Waals surface area (Å²) >= 11 is 3.64. The molecule has 0 bridgehead atoms. The summed E-state index contributed by atoms with van der Waals surface area (Å²) in [5.74, 6) is 0.401. The summed E-state index contributed by atoms with van der Waals surface area (Å²) in [6.45, 7) is 4.34. The molecule has 1 aliphatic carbocycles. The lowest BCUT2D eigenvalue weighted by Gasteiger charge is -2.16. The van der Waals surface area contributed by atoms with E-state index in [0.29, 0.717) is 5.92 Å². The molecule has 0 amide bonds. The molecule has 0 N–H and O–H groups in total. The van der Waals surface area contributed by atoms with Gasteiger partial charge in [0.1, 0.15) is 0 Å². The molecule has 3 rings (SSSR count). The molecule has 0 aliphatic heterocycles. The molecule has 90 valence electrons. The summed E-state index contributed by atoms with van der Waals surface area (Å²) in [7, 11) is 0. The SMILES string of the molecule is Cc1cc(C)c(C2C=Cc3ccccc32)cc1Br. The van der Waals surface area contributed by atoms with Crippen LogP contribution < -0.4 is 0 Å². The number of hydrogen-bond donors (Lipinski definition) is 0. The van der Waals surface area contributed by atoms with Crippen LogP contribution in [0.4, 0.5) is 0 Å². The highest BCUT2D eigenvalue weighted by atomic mass is 79.9. The van der Waals surface area contributed by atoms with Crippen molar-refractivity contribution in [3.8, 4) is 0 Å². The molecule has 0 aromatic heterocycles. The molecule has 2 aromatic rings. The monoisotopic (exact) mass is 298 g/mol. The molecule has 1 heteroatoms. The van der Waals surface area contributed by atoms with Gasteiger partial charge in [-0.2, -0.15) is 0 Å². The van der Waals surface area contributed by atoms with Crippen molar-refractivity contribution in [3.63, 3.8) is 0 Å². The van der Waals surface area contributed by atoms with Crippen LogP contribution in [0.1, 0.15) is 33.7 Å². The minimum Gasteiger partial charge on any atom is -0.0720 e. The summed E-state index contributed by atoms with van der Waals surface area (Å²) in [6, 6.07) is 13.2. The minimum atomic E-state index is 0.401. The summed E-state index contributed by atoms with van der Waals surface area (Å²) in [5.41, 5.74) is 6.82. The van der Waals surface area contributed by atoms with E-state index in [2.05, 4.69) is 78.3 Å². The van der Waals surface area contributed by atoms with Crippen molar-refractivity contribution in [2.45, 2.75) is 19.8 Å². The Bertz CT molecular complexity index is 638. The van der Waals surface area contributed by atoms with Crippen molar-refractivity contribution < 1.29 is 0 Å². The standard InChI is InChI=1S/C17H15Br/c1-11-9-12(2)17(18)10-16(11)15-8-7-13-5-3-4-6-14(13)15/h3-10,15H,1-2H3. The Morgan fingerprint density at radius 3 is 2.56 bits per heavy atom. The first-order chi connectivity index (χ1) is 8.66. The van der Waals surface area contributed by atoms with E-state index in [4.69, 9.17) is 0 Å². The van der Waals surface area contributed by atoms with Gasteiger partial charge < -0.3 is 0 Å². The van der Waals surface area contributed by atoms with Crippen LogP contribution in [-0.4, -0.2) is 0 Å². The Hall–Kier alpha value is -1.34. The van der Waals surface area contributed by atoms with E-state index in [1.807, 2.05) is 0 Å². The zero-order chi connectivity index (χ0) is 12.7. The number of hydrogen-bond acceptors (Lipinski definition) is 0. The maximum absolute atomic E-state index is 3.64. The quantitative estimate of drug-likeness (QED) is 0.677. The molecule has 1 atom stereocenters. The second-order valence-corrected chi connectivity index (χ2v) is 5.78. The summed E-state index contributed by atoms with van der Waals surface area (Å²) < 4.78 is 1.20. The number of halogens is 1. The Labute approximate surface area is 116 Å². The van der Waals surface area contributed by atoms with E-state index < -0.39 is 0 Å². The molecule has 18 heavy (non-hydrogen) atoms. The van der Waals surface area contributed by atoms with Crippen LogP contribution in [-0.2, 0) is 0 Å². The molecule has 1 unspecified atom stereocenters. The molecular weight excluding hydrogens is 284 g/mol. The molecule has 0 nitrogen and oxygen atoms in total. The first-order valence-electron chi connectivity index (χ1n) is 6.20. The van der Waals surface area contributed by atoms with Crippen molar-refractivity contribution in [1.82, 2.24) is 0 Å². The van der Waals surface area contributed by atoms with Crippen molar-refractivity contribution in [1.29, 1.82) is 0 Å². The number of aryl methyl sites for hydroxylation is 2. The van der Waals surface area contributed by atoms with Gasteiger partial charge in [-0.1, -0.05) is 58.4 Å². The Kier molecular flexibility index (Phi) is 2.87. The molecule has 0 spiro atoms. The first kappa shape index (κ1) is 11.7. The van der Waals surface area contributed by atoms with Crippen LogP contribution in [0.5, 0.6) is 0 Å². The molecule has 0 fully saturated rings. The van der Waals surface area contributed by atoms with Crippen LogP contribution in [0.15, 0.2) is 46.9 Å². The summed E-state index contributed by atoms with van der Waals surface area (Å²) in [5, 5.41) is 0. The molecule has 0 heterocycles. The maximum atomic E-state index is 3.64. The number of fused-ring (bicyclic) bond motifs is 1. The average molecular weight is 299 g/mol. The third-order valence-corrected chi connectivity index (χ3v) is 4.54. The predicted molar refractivity (Wildman–Crippen MR) is 80.9 cm³/mol.